The number of nitrogens with one attached hydrogen (secondary N) is 1. The first-order chi connectivity index (χ1) is 9.53. The van der Waals surface area contributed by atoms with Gasteiger partial charge >= 0.3 is 0 Å². The van der Waals surface area contributed by atoms with E-state index in [0.29, 0.717) is 11.3 Å². The summed E-state index contributed by atoms with van der Waals surface area (Å²) in [6, 6.07) is 8.50. The Morgan fingerprint density at radius 3 is 2.70 bits per heavy atom. The Hall–Kier alpha value is -0.220. The van der Waals surface area contributed by atoms with Crippen LogP contribution >= 0.6 is 23.4 Å². The van der Waals surface area contributed by atoms with Crippen molar-refractivity contribution in [3.63, 3.8) is 0 Å². The molecule has 0 amide bonds. The third kappa shape index (κ3) is 4.39. The predicted molar refractivity (Wildman–Crippen MR) is 88.5 cm³/mol. The highest BCUT2D eigenvalue weighted by Crippen LogP contribution is 2.38. The Kier molecular flexibility index (Phi) is 5.79. The maximum atomic E-state index is 9.71. The zero-order valence-corrected chi connectivity index (χ0v) is 13.8. The zero-order chi connectivity index (χ0) is 14.6. The van der Waals surface area contributed by atoms with E-state index in [1.807, 2.05) is 23.9 Å². The molecule has 2 rings (SSSR count). The maximum Gasteiger partial charge on any atom is 0.0613 e. The molecule has 0 aromatic heterocycles. The van der Waals surface area contributed by atoms with Crippen molar-refractivity contribution in [2.45, 2.75) is 55.7 Å². The summed E-state index contributed by atoms with van der Waals surface area (Å²) in [5, 5.41) is 14.7. The van der Waals surface area contributed by atoms with Crippen molar-refractivity contribution in [2.24, 2.45) is 0 Å². The van der Waals surface area contributed by atoms with Crippen LogP contribution in [0.25, 0.3) is 0 Å². The lowest BCUT2D eigenvalue weighted by Gasteiger charge is -2.31. The van der Waals surface area contributed by atoms with Crippen LogP contribution in [0, 0.1) is 0 Å². The number of aliphatic hydroxyl groups is 1. The van der Waals surface area contributed by atoms with Gasteiger partial charge in [-0.15, -0.1) is 0 Å². The maximum absolute atomic E-state index is 9.71. The Balaban J connectivity index is 1.85. The molecule has 0 saturated heterocycles. The van der Waals surface area contributed by atoms with Crippen LogP contribution in [-0.4, -0.2) is 28.5 Å². The number of thioether (sulfide) groups is 1. The highest BCUT2D eigenvalue weighted by molar-refractivity contribution is 7.99. The molecule has 2 unspecified atom stereocenters. The summed E-state index contributed by atoms with van der Waals surface area (Å²) < 4.78 is 0. The second-order valence-corrected chi connectivity index (χ2v) is 7.76. The molecular weight excluding hydrogens is 290 g/mol. The fourth-order valence-electron chi connectivity index (χ4n) is 2.95. The summed E-state index contributed by atoms with van der Waals surface area (Å²) in [6.45, 7) is 4.53. The third-order valence-corrected chi connectivity index (χ3v) is 5.49. The summed E-state index contributed by atoms with van der Waals surface area (Å²) in [5.41, 5.74) is 1.25. The summed E-state index contributed by atoms with van der Waals surface area (Å²) in [7, 11) is 0. The Labute approximate surface area is 131 Å². The number of hydrogen-bond donors (Lipinski definition) is 2. The standard InChI is InChI=1S/C16H24ClNOS/c1-12(2)18-16(11-19)8-7-15(9-16)20-10-13-3-5-14(17)6-4-13/h3-6,12,15,18-19H,7-11H2,1-2H3. The average Bonchev–Trinajstić information content (AvgIpc) is 2.81. The topological polar surface area (TPSA) is 32.3 Å². The molecule has 1 aliphatic rings. The monoisotopic (exact) mass is 313 g/mol. The van der Waals surface area contributed by atoms with E-state index in [1.54, 1.807) is 0 Å². The Morgan fingerprint density at radius 2 is 2.10 bits per heavy atom. The Bertz CT molecular complexity index is 423. The van der Waals surface area contributed by atoms with Crippen LogP contribution in [0.2, 0.25) is 5.02 Å². The lowest BCUT2D eigenvalue weighted by Crippen LogP contribution is -2.49. The zero-order valence-electron chi connectivity index (χ0n) is 12.2. The van der Waals surface area contributed by atoms with Gasteiger partial charge in [0.2, 0.25) is 0 Å². The van der Waals surface area contributed by atoms with Crippen molar-refractivity contribution in [1.29, 1.82) is 0 Å². The first-order valence-electron chi connectivity index (χ1n) is 7.28. The second-order valence-electron chi connectivity index (χ2n) is 6.04. The summed E-state index contributed by atoms with van der Waals surface area (Å²) in [6.07, 6.45) is 3.30. The first-order valence-corrected chi connectivity index (χ1v) is 8.70. The number of halogens is 1. The summed E-state index contributed by atoms with van der Waals surface area (Å²) in [4.78, 5) is 0. The van der Waals surface area contributed by atoms with E-state index >= 15 is 0 Å². The van der Waals surface area contributed by atoms with E-state index in [-0.39, 0.29) is 12.1 Å². The van der Waals surface area contributed by atoms with Gasteiger partial charge < -0.3 is 10.4 Å². The van der Waals surface area contributed by atoms with E-state index in [0.717, 1.165) is 23.6 Å². The van der Waals surface area contributed by atoms with E-state index < -0.39 is 0 Å². The molecule has 1 saturated carbocycles. The van der Waals surface area contributed by atoms with Crippen molar-refractivity contribution < 1.29 is 5.11 Å². The fourth-order valence-corrected chi connectivity index (χ4v) is 4.41. The molecule has 2 atom stereocenters. The van der Waals surface area contributed by atoms with Crippen molar-refractivity contribution in [2.75, 3.05) is 6.61 Å². The fraction of sp³-hybridized carbons (Fsp3) is 0.625. The van der Waals surface area contributed by atoms with E-state index in [2.05, 4.69) is 31.3 Å². The smallest absolute Gasteiger partial charge is 0.0613 e. The highest BCUT2D eigenvalue weighted by atomic mass is 35.5. The largest absolute Gasteiger partial charge is 0.394 e. The van der Waals surface area contributed by atoms with Gasteiger partial charge in [0.25, 0.3) is 0 Å². The van der Waals surface area contributed by atoms with Crippen LogP contribution in [0.15, 0.2) is 24.3 Å². The molecule has 0 bridgehead atoms. The van der Waals surface area contributed by atoms with E-state index in [1.165, 1.54) is 12.0 Å². The summed E-state index contributed by atoms with van der Waals surface area (Å²) in [5.74, 6) is 1.02. The average molecular weight is 314 g/mol. The number of rotatable bonds is 6. The van der Waals surface area contributed by atoms with Gasteiger partial charge in [0, 0.05) is 27.6 Å². The SMILES string of the molecule is CC(C)NC1(CO)CCC(SCc2ccc(Cl)cc2)C1. The van der Waals surface area contributed by atoms with Crippen LogP contribution in [0.3, 0.4) is 0 Å². The minimum absolute atomic E-state index is 0.0637. The lowest BCUT2D eigenvalue weighted by atomic mass is 9.98. The quantitative estimate of drug-likeness (QED) is 0.836. The molecule has 1 aromatic rings. The predicted octanol–water partition coefficient (Wildman–Crippen LogP) is 3.85. The van der Waals surface area contributed by atoms with Gasteiger partial charge in [-0.1, -0.05) is 37.6 Å². The molecule has 0 radical (unpaired) electrons. The Morgan fingerprint density at radius 1 is 1.40 bits per heavy atom. The summed E-state index contributed by atoms with van der Waals surface area (Å²) >= 11 is 7.89. The number of benzene rings is 1. The molecule has 1 aliphatic carbocycles. The van der Waals surface area contributed by atoms with Crippen molar-refractivity contribution in [1.82, 2.24) is 5.32 Å². The van der Waals surface area contributed by atoms with Gasteiger partial charge in [-0.3, -0.25) is 0 Å². The van der Waals surface area contributed by atoms with Crippen molar-refractivity contribution in [3.8, 4) is 0 Å². The van der Waals surface area contributed by atoms with Gasteiger partial charge in [0.05, 0.1) is 6.61 Å². The molecular formula is C16H24ClNOS. The molecule has 0 heterocycles. The van der Waals surface area contributed by atoms with Crippen LogP contribution < -0.4 is 5.32 Å². The minimum atomic E-state index is -0.0637. The molecule has 2 nitrogen and oxygen atoms in total. The molecule has 1 aromatic carbocycles. The minimum Gasteiger partial charge on any atom is -0.394 e. The van der Waals surface area contributed by atoms with Crippen LogP contribution in [0.5, 0.6) is 0 Å². The number of aliphatic hydroxyl groups excluding tert-OH is 1. The van der Waals surface area contributed by atoms with Crippen molar-refractivity contribution in [3.05, 3.63) is 34.9 Å². The van der Waals surface area contributed by atoms with Gasteiger partial charge in [0.15, 0.2) is 0 Å². The van der Waals surface area contributed by atoms with Gasteiger partial charge in [-0.2, -0.15) is 11.8 Å². The molecule has 2 N–H and O–H groups in total. The first kappa shape index (κ1) is 16.2. The number of hydrogen-bond acceptors (Lipinski definition) is 3. The van der Waals surface area contributed by atoms with E-state index in [9.17, 15) is 5.11 Å². The van der Waals surface area contributed by atoms with Crippen LogP contribution in [0.1, 0.15) is 38.7 Å². The normalized spacial score (nSPS) is 26.4. The van der Waals surface area contributed by atoms with Crippen LogP contribution in [-0.2, 0) is 5.75 Å². The molecule has 112 valence electrons. The molecule has 20 heavy (non-hydrogen) atoms. The lowest BCUT2D eigenvalue weighted by molar-refractivity contribution is 0.156. The molecule has 0 aliphatic heterocycles. The second kappa shape index (κ2) is 7.17. The third-order valence-electron chi connectivity index (χ3n) is 3.86. The van der Waals surface area contributed by atoms with E-state index in [4.69, 9.17) is 11.6 Å². The van der Waals surface area contributed by atoms with Crippen LogP contribution in [0.4, 0.5) is 0 Å². The molecule has 0 spiro atoms. The van der Waals surface area contributed by atoms with Gasteiger partial charge in [-0.25, -0.2) is 0 Å². The highest BCUT2D eigenvalue weighted by Gasteiger charge is 2.38. The van der Waals surface area contributed by atoms with Gasteiger partial charge in [0.1, 0.15) is 0 Å². The van der Waals surface area contributed by atoms with Crippen molar-refractivity contribution >= 4 is 23.4 Å². The van der Waals surface area contributed by atoms with Gasteiger partial charge in [-0.05, 0) is 37.0 Å². The molecule has 4 heteroatoms. The molecule has 1 fully saturated rings.